The molecule has 1 heterocycles. The van der Waals surface area contributed by atoms with Gasteiger partial charge in [0, 0.05) is 22.0 Å². The summed E-state index contributed by atoms with van der Waals surface area (Å²) in [6.45, 7) is 5.92. The number of carbonyl (C=O) groups is 2. The van der Waals surface area contributed by atoms with Crippen LogP contribution in [0.4, 0.5) is 0 Å². The predicted molar refractivity (Wildman–Crippen MR) is 84.6 cm³/mol. The molecule has 1 aromatic carbocycles. The fourth-order valence-corrected chi connectivity index (χ4v) is 2.99. The van der Waals surface area contributed by atoms with Crippen molar-refractivity contribution in [2.75, 3.05) is 19.7 Å². The van der Waals surface area contributed by atoms with Gasteiger partial charge < -0.3 is 9.64 Å². The lowest BCUT2D eigenvalue weighted by atomic mass is 10.1. The molecule has 4 nitrogen and oxygen atoms in total. The zero-order valence-corrected chi connectivity index (χ0v) is 12.7. The molecule has 21 heavy (non-hydrogen) atoms. The molecule has 0 saturated carbocycles. The highest BCUT2D eigenvalue weighted by molar-refractivity contribution is 7.17. The van der Waals surface area contributed by atoms with Crippen LogP contribution in [0.1, 0.15) is 17.3 Å². The standard InChI is InChI=1S/C16H17NO3S/c1-3-9-17(10-15(18)20-4-2)16(19)13-11-21-14-8-6-5-7-12(13)14/h3,5-8,11H,1,4,9-10H2,2H3. The average Bonchev–Trinajstić information content (AvgIpc) is 2.90. The minimum absolute atomic E-state index is 0.0666. The van der Waals surface area contributed by atoms with E-state index in [-0.39, 0.29) is 12.5 Å². The predicted octanol–water partition coefficient (Wildman–Crippen LogP) is 3.09. The summed E-state index contributed by atoms with van der Waals surface area (Å²) in [6, 6.07) is 7.72. The van der Waals surface area contributed by atoms with Gasteiger partial charge in [0.05, 0.1) is 12.2 Å². The second-order valence-electron chi connectivity index (χ2n) is 4.42. The van der Waals surface area contributed by atoms with E-state index < -0.39 is 5.97 Å². The zero-order valence-electron chi connectivity index (χ0n) is 11.9. The van der Waals surface area contributed by atoms with Crippen molar-refractivity contribution in [1.82, 2.24) is 4.90 Å². The highest BCUT2D eigenvalue weighted by Gasteiger charge is 2.21. The van der Waals surface area contributed by atoms with Crippen molar-refractivity contribution < 1.29 is 14.3 Å². The molecular weight excluding hydrogens is 286 g/mol. The molecule has 0 aliphatic heterocycles. The van der Waals surface area contributed by atoms with Gasteiger partial charge in [-0.2, -0.15) is 0 Å². The van der Waals surface area contributed by atoms with E-state index in [0.717, 1.165) is 10.1 Å². The van der Waals surface area contributed by atoms with Gasteiger partial charge in [-0.3, -0.25) is 9.59 Å². The number of ether oxygens (including phenoxy) is 1. The van der Waals surface area contributed by atoms with E-state index in [1.807, 2.05) is 29.6 Å². The van der Waals surface area contributed by atoms with Gasteiger partial charge in [-0.05, 0) is 13.0 Å². The Bertz CT molecular complexity index is 662. The van der Waals surface area contributed by atoms with Gasteiger partial charge in [-0.15, -0.1) is 17.9 Å². The lowest BCUT2D eigenvalue weighted by Crippen LogP contribution is -2.36. The lowest BCUT2D eigenvalue weighted by Gasteiger charge is -2.19. The molecule has 1 amide bonds. The van der Waals surface area contributed by atoms with Crippen LogP contribution in [-0.2, 0) is 9.53 Å². The molecule has 0 bridgehead atoms. The first-order valence-electron chi connectivity index (χ1n) is 6.69. The van der Waals surface area contributed by atoms with Crippen LogP contribution < -0.4 is 0 Å². The van der Waals surface area contributed by atoms with Gasteiger partial charge in [0.15, 0.2) is 0 Å². The normalized spacial score (nSPS) is 10.3. The Morgan fingerprint density at radius 1 is 1.38 bits per heavy atom. The molecule has 0 saturated heterocycles. The Hall–Kier alpha value is -2.14. The minimum Gasteiger partial charge on any atom is -0.465 e. The Labute approximate surface area is 127 Å². The second-order valence-corrected chi connectivity index (χ2v) is 5.34. The molecule has 0 spiro atoms. The minimum atomic E-state index is -0.410. The second kappa shape index (κ2) is 7.04. The molecule has 2 rings (SSSR count). The molecule has 110 valence electrons. The lowest BCUT2D eigenvalue weighted by molar-refractivity contribution is -0.143. The summed E-state index contributed by atoms with van der Waals surface area (Å²) in [5.74, 6) is -0.590. The highest BCUT2D eigenvalue weighted by Crippen LogP contribution is 2.26. The Morgan fingerprint density at radius 3 is 2.86 bits per heavy atom. The van der Waals surface area contributed by atoms with Gasteiger partial charge >= 0.3 is 5.97 Å². The van der Waals surface area contributed by atoms with Crippen LogP contribution in [0.15, 0.2) is 42.3 Å². The Morgan fingerprint density at radius 2 is 2.14 bits per heavy atom. The van der Waals surface area contributed by atoms with E-state index in [1.165, 1.54) is 16.2 Å². The van der Waals surface area contributed by atoms with Gasteiger partial charge in [0.1, 0.15) is 6.54 Å². The topological polar surface area (TPSA) is 46.6 Å². The third-order valence-electron chi connectivity index (χ3n) is 2.97. The fourth-order valence-electron chi connectivity index (χ4n) is 2.05. The van der Waals surface area contributed by atoms with Crippen LogP contribution in [0.25, 0.3) is 10.1 Å². The maximum absolute atomic E-state index is 12.6. The van der Waals surface area contributed by atoms with E-state index in [2.05, 4.69) is 6.58 Å². The summed E-state index contributed by atoms with van der Waals surface area (Å²) in [4.78, 5) is 25.7. The monoisotopic (exact) mass is 303 g/mol. The Kier molecular flexibility index (Phi) is 5.11. The number of thiophene rings is 1. The summed E-state index contributed by atoms with van der Waals surface area (Å²) < 4.78 is 5.96. The zero-order chi connectivity index (χ0) is 15.2. The molecule has 0 radical (unpaired) electrons. The first kappa shape index (κ1) is 15.3. The summed E-state index contributed by atoms with van der Waals surface area (Å²) in [7, 11) is 0. The molecule has 0 N–H and O–H groups in total. The van der Waals surface area contributed by atoms with Crippen LogP contribution in [0, 0.1) is 0 Å². The SMILES string of the molecule is C=CCN(CC(=O)OCC)C(=O)c1csc2ccccc12. The van der Waals surface area contributed by atoms with Crippen LogP contribution in [0.2, 0.25) is 0 Å². The average molecular weight is 303 g/mol. The van der Waals surface area contributed by atoms with Crippen LogP contribution in [0.3, 0.4) is 0 Å². The summed E-state index contributed by atoms with van der Waals surface area (Å²) in [5, 5.41) is 2.74. The van der Waals surface area contributed by atoms with Crippen LogP contribution in [-0.4, -0.2) is 36.5 Å². The molecule has 2 aromatic rings. The Balaban J connectivity index is 2.25. The quantitative estimate of drug-likeness (QED) is 0.608. The summed E-state index contributed by atoms with van der Waals surface area (Å²) in [5.41, 5.74) is 0.613. The number of rotatable bonds is 6. The van der Waals surface area contributed by atoms with Crippen LogP contribution >= 0.6 is 11.3 Å². The van der Waals surface area contributed by atoms with Crippen LogP contribution in [0.5, 0.6) is 0 Å². The number of amides is 1. The van der Waals surface area contributed by atoms with Crippen molar-refractivity contribution in [3.8, 4) is 0 Å². The number of benzene rings is 1. The number of carbonyl (C=O) groups excluding carboxylic acids is 2. The number of fused-ring (bicyclic) bond motifs is 1. The number of hydrogen-bond acceptors (Lipinski definition) is 4. The fraction of sp³-hybridized carbons (Fsp3) is 0.250. The van der Waals surface area contributed by atoms with E-state index >= 15 is 0 Å². The molecular formula is C16H17NO3S. The third kappa shape index (κ3) is 3.49. The largest absolute Gasteiger partial charge is 0.465 e. The van der Waals surface area contributed by atoms with Crippen molar-refractivity contribution in [3.63, 3.8) is 0 Å². The maximum Gasteiger partial charge on any atom is 0.325 e. The first-order chi connectivity index (χ1) is 10.2. The molecule has 0 aliphatic carbocycles. The first-order valence-corrected chi connectivity index (χ1v) is 7.57. The molecule has 1 aromatic heterocycles. The van der Waals surface area contributed by atoms with Crippen molar-refractivity contribution in [3.05, 3.63) is 47.9 Å². The van der Waals surface area contributed by atoms with Crippen molar-refractivity contribution in [2.45, 2.75) is 6.92 Å². The molecule has 0 unspecified atom stereocenters. The number of nitrogens with zero attached hydrogens (tertiary/aromatic N) is 1. The number of esters is 1. The third-order valence-corrected chi connectivity index (χ3v) is 3.94. The van der Waals surface area contributed by atoms with E-state index in [9.17, 15) is 9.59 Å². The van der Waals surface area contributed by atoms with Gasteiger partial charge in [0.25, 0.3) is 5.91 Å². The number of hydrogen-bond donors (Lipinski definition) is 0. The summed E-state index contributed by atoms with van der Waals surface area (Å²) in [6.07, 6.45) is 1.60. The molecule has 0 aliphatic rings. The molecule has 5 heteroatoms. The highest BCUT2D eigenvalue weighted by atomic mass is 32.1. The smallest absolute Gasteiger partial charge is 0.325 e. The van der Waals surface area contributed by atoms with Crippen molar-refractivity contribution in [2.24, 2.45) is 0 Å². The van der Waals surface area contributed by atoms with E-state index in [0.29, 0.717) is 18.7 Å². The van der Waals surface area contributed by atoms with Gasteiger partial charge in [0.2, 0.25) is 0 Å². The van der Waals surface area contributed by atoms with Gasteiger partial charge in [-0.25, -0.2) is 0 Å². The summed E-state index contributed by atoms with van der Waals surface area (Å²) >= 11 is 1.52. The maximum atomic E-state index is 12.6. The van der Waals surface area contributed by atoms with Crippen molar-refractivity contribution in [1.29, 1.82) is 0 Å². The molecule has 0 atom stereocenters. The van der Waals surface area contributed by atoms with E-state index in [1.54, 1.807) is 13.0 Å². The van der Waals surface area contributed by atoms with E-state index in [4.69, 9.17) is 4.74 Å². The molecule has 0 fully saturated rings. The van der Waals surface area contributed by atoms with Gasteiger partial charge in [-0.1, -0.05) is 24.3 Å². The van der Waals surface area contributed by atoms with Crippen molar-refractivity contribution >= 4 is 33.3 Å².